The maximum Gasteiger partial charge on any atom is 0.251 e. The number of carbonyl (C=O) groups is 1. The van der Waals surface area contributed by atoms with E-state index in [1.54, 1.807) is 0 Å². The van der Waals surface area contributed by atoms with Crippen molar-refractivity contribution in [3.8, 4) is 0 Å². The maximum absolute atomic E-state index is 12.4. The molecule has 150 valence electrons. The molecule has 2 fully saturated rings. The lowest BCUT2D eigenvalue weighted by Gasteiger charge is -2.38. The number of nitrogens with zero attached hydrogens (tertiary/aromatic N) is 2. The van der Waals surface area contributed by atoms with Crippen LogP contribution >= 0.6 is 24.0 Å². The summed E-state index contributed by atoms with van der Waals surface area (Å²) in [6.45, 7) is 8.86. The van der Waals surface area contributed by atoms with Gasteiger partial charge in [0.15, 0.2) is 5.96 Å². The number of hydrogen-bond donors (Lipinski definition) is 2. The lowest BCUT2D eigenvalue weighted by molar-refractivity contribution is 0.0919. The molecule has 27 heavy (non-hydrogen) atoms. The topological polar surface area (TPSA) is 56.7 Å². The van der Waals surface area contributed by atoms with Crippen LogP contribution < -0.4 is 10.6 Å². The zero-order valence-corrected chi connectivity index (χ0v) is 19.3. The molecule has 3 rings (SSSR count). The molecular formula is C21H33IN4O. The highest BCUT2D eigenvalue weighted by Crippen LogP contribution is 2.47. The van der Waals surface area contributed by atoms with Gasteiger partial charge in [0.1, 0.15) is 0 Å². The Bertz CT molecular complexity index is 692. The lowest BCUT2D eigenvalue weighted by Crippen LogP contribution is -2.42. The van der Waals surface area contributed by atoms with Crippen LogP contribution in [-0.4, -0.2) is 42.4 Å². The summed E-state index contributed by atoms with van der Waals surface area (Å²) in [5, 5.41) is 6.49. The standard InChI is InChI=1S/C21H32N4O.HI/c1-20(2,3)24-18(26)17-8-5-7-16(13-17)14-23-19(22-4)25-12-11-21(15-25)9-6-10-21;/h5,7-8,13H,6,9-12,14-15H2,1-4H3,(H,22,23)(H,24,26);1H. The third-order valence-corrected chi connectivity index (χ3v) is 5.49. The van der Waals surface area contributed by atoms with Gasteiger partial charge in [-0.3, -0.25) is 9.79 Å². The number of benzene rings is 1. The van der Waals surface area contributed by atoms with Crippen LogP contribution in [0.25, 0.3) is 0 Å². The lowest BCUT2D eigenvalue weighted by atomic mass is 9.68. The van der Waals surface area contributed by atoms with Gasteiger partial charge in [-0.05, 0) is 63.1 Å². The quantitative estimate of drug-likeness (QED) is 0.390. The molecule has 0 aromatic heterocycles. The van der Waals surface area contributed by atoms with E-state index in [0.717, 1.165) is 24.6 Å². The van der Waals surface area contributed by atoms with Crippen molar-refractivity contribution in [1.82, 2.24) is 15.5 Å². The van der Waals surface area contributed by atoms with E-state index in [9.17, 15) is 4.79 Å². The highest BCUT2D eigenvalue weighted by Gasteiger charge is 2.43. The predicted molar refractivity (Wildman–Crippen MR) is 122 cm³/mol. The zero-order chi connectivity index (χ0) is 18.8. The number of guanidine groups is 1. The van der Waals surface area contributed by atoms with E-state index >= 15 is 0 Å². The zero-order valence-electron chi connectivity index (χ0n) is 17.0. The summed E-state index contributed by atoms with van der Waals surface area (Å²) in [7, 11) is 1.85. The van der Waals surface area contributed by atoms with Crippen molar-refractivity contribution in [1.29, 1.82) is 0 Å². The molecule has 1 aromatic carbocycles. The molecule has 1 aromatic rings. The molecule has 1 saturated heterocycles. The Kier molecular flexibility index (Phi) is 7.16. The summed E-state index contributed by atoms with van der Waals surface area (Å²) in [4.78, 5) is 19.2. The Morgan fingerprint density at radius 3 is 2.56 bits per heavy atom. The fourth-order valence-corrected chi connectivity index (χ4v) is 3.95. The molecule has 2 N–H and O–H groups in total. The molecule has 1 aliphatic carbocycles. The van der Waals surface area contributed by atoms with Gasteiger partial charge in [-0.15, -0.1) is 24.0 Å². The van der Waals surface area contributed by atoms with Crippen molar-refractivity contribution in [3.63, 3.8) is 0 Å². The highest BCUT2D eigenvalue weighted by molar-refractivity contribution is 14.0. The number of hydrogen-bond acceptors (Lipinski definition) is 2. The molecule has 1 saturated carbocycles. The maximum atomic E-state index is 12.4. The summed E-state index contributed by atoms with van der Waals surface area (Å²) < 4.78 is 0. The van der Waals surface area contributed by atoms with E-state index in [4.69, 9.17) is 0 Å². The number of rotatable bonds is 3. The molecule has 2 aliphatic rings. The van der Waals surface area contributed by atoms with Crippen molar-refractivity contribution in [2.75, 3.05) is 20.1 Å². The second-order valence-electron chi connectivity index (χ2n) is 8.83. The van der Waals surface area contributed by atoms with Gasteiger partial charge in [0.2, 0.25) is 0 Å². The van der Waals surface area contributed by atoms with E-state index < -0.39 is 0 Å². The van der Waals surface area contributed by atoms with E-state index in [0.29, 0.717) is 17.5 Å². The van der Waals surface area contributed by atoms with Gasteiger partial charge in [-0.2, -0.15) is 0 Å². The van der Waals surface area contributed by atoms with Gasteiger partial charge in [0, 0.05) is 37.8 Å². The minimum Gasteiger partial charge on any atom is -0.352 e. The second kappa shape index (κ2) is 8.80. The summed E-state index contributed by atoms with van der Waals surface area (Å²) in [5.41, 5.74) is 2.11. The van der Waals surface area contributed by atoms with Gasteiger partial charge in [0.05, 0.1) is 0 Å². The minimum absolute atomic E-state index is 0. The van der Waals surface area contributed by atoms with Crippen molar-refractivity contribution >= 4 is 35.8 Å². The largest absolute Gasteiger partial charge is 0.352 e. The third kappa shape index (κ3) is 5.59. The number of halogens is 1. The SMILES string of the molecule is CN=C(NCc1cccc(C(=O)NC(C)(C)C)c1)N1CCC2(CCC2)C1.I. The van der Waals surface area contributed by atoms with Crippen LogP contribution in [0.4, 0.5) is 0 Å². The third-order valence-electron chi connectivity index (χ3n) is 5.49. The predicted octanol–water partition coefficient (Wildman–Crippen LogP) is 3.78. The Morgan fingerprint density at radius 2 is 2.00 bits per heavy atom. The number of nitrogens with one attached hydrogen (secondary N) is 2. The summed E-state index contributed by atoms with van der Waals surface area (Å²) in [6.07, 6.45) is 5.40. The summed E-state index contributed by atoms with van der Waals surface area (Å²) >= 11 is 0. The van der Waals surface area contributed by atoms with Crippen LogP contribution in [0.3, 0.4) is 0 Å². The van der Waals surface area contributed by atoms with Gasteiger partial charge < -0.3 is 15.5 Å². The fourth-order valence-electron chi connectivity index (χ4n) is 3.95. The van der Waals surface area contributed by atoms with Crippen LogP contribution in [0.15, 0.2) is 29.3 Å². The van der Waals surface area contributed by atoms with Gasteiger partial charge in [0.25, 0.3) is 5.91 Å². The summed E-state index contributed by atoms with van der Waals surface area (Å²) in [5.74, 6) is 0.938. The van der Waals surface area contributed by atoms with Crippen LogP contribution in [-0.2, 0) is 6.54 Å². The number of aliphatic imine (C=N–C) groups is 1. The van der Waals surface area contributed by atoms with Gasteiger partial charge in [-0.1, -0.05) is 18.6 Å². The molecule has 0 atom stereocenters. The van der Waals surface area contributed by atoms with Gasteiger partial charge >= 0.3 is 0 Å². The normalized spacial score (nSPS) is 18.7. The number of amides is 1. The first-order chi connectivity index (χ1) is 12.3. The molecule has 6 heteroatoms. The number of likely N-dealkylation sites (tertiary alicyclic amines) is 1. The average Bonchev–Trinajstić information content (AvgIpc) is 3.00. The van der Waals surface area contributed by atoms with Crippen LogP contribution in [0.2, 0.25) is 0 Å². The molecule has 5 nitrogen and oxygen atoms in total. The molecule has 1 heterocycles. The fraction of sp³-hybridized carbons (Fsp3) is 0.619. The van der Waals surface area contributed by atoms with E-state index in [1.165, 1.54) is 25.7 Å². The highest BCUT2D eigenvalue weighted by atomic mass is 127. The molecule has 0 radical (unpaired) electrons. The van der Waals surface area contributed by atoms with Gasteiger partial charge in [-0.25, -0.2) is 0 Å². The molecular weight excluding hydrogens is 451 g/mol. The minimum atomic E-state index is -0.236. The first-order valence-electron chi connectivity index (χ1n) is 9.67. The molecule has 1 amide bonds. The average molecular weight is 484 g/mol. The first kappa shape index (κ1) is 22.0. The van der Waals surface area contributed by atoms with Crippen LogP contribution in [0.5, 0.6) is 0 Å². The van der Waals surface area contributed by atoms with E-state index in [2.05, 4.69) is 20.5 Å². The molecule has 0 bridgehead atoms. The Balaban J connectivity index is 0.00000261. The van der Waals surface area contributed by atoms with E-state index in [-0.39, 0.29) is 35.4 Å². The second-order valence-corrected chi connectivity index (χ2v) is 8.83. The first-order valence-corrected chi connectivity index (χ1v) is 9.67. The smallest absolute Gasteiger partial charge is 0.251 e. The van der Waals surface area contributed by atoms with Crippen LogP contribution in [0, 0.1) is 5.41 Å². The summed E-state index contributed by atoms with van der Waals surface area (Å²) in [6, 6.07) is 7.81. The van der Waals surface area contributed by atoms with Crippen molar-refractivity contribution in [2.24, 2.45) is 10.4 Å². The Labute approximate surface area is 180 Å². The molecule has 1 aliphatic heterocycles. The monoisotopic (exact) mass is 484 g/mol. The molecule has 1 spiro atoms. The van der Waals surface area contributed by atoms with Crippen molar-refractivity contribution in [2.45, 2.75) is 58.5 Å². The molecule has 0 unspecified atom stereocenters. The van der Waals surface area contributed by atoms with Crippen molar-refractivity contribution < 1.29 is 4.79 Å². The Hall–Kier alpha value is -1.31. The number of carbonyl (C=O) groups excluding carboxylic acids is 1. The Morgan fingerprint density at radius 1 is 1.26 bits per heavy atom. The van der Waals surface area contributed by atoms with Crippen LogP contribution in [0.1, 0.15) is 62.4 Å². The van der Waals surface area contributed by atoms with Crippen molar-refractivity contribution in [3.05, 3.63) is 35.4 Å². The van der Waals surface area contributed by atoms with E-state index in [1.807, 2.05) is 52.1 Å².